The number of hydrogen-bond donors (Lipinski definition) is 1. The average molecular weight is 422 g/mol. The van der Waals surface area contributed by atoms with Gasteiger partial charge in [-0.15, -0.1) is 0 Å². The zero-order chi connectivity index (χ0) is 22.0. The Balaban J connectivity index is 1.33. The molecule has 1 amide bonds. The number of carbonyl (C=O) groups is 3. The Kier molecular flexibility index (Phi) is 5.84. The molecule has 0 saturated carbocycles. The average Bonchev–Trinajstić information content (AvgIpc) is 3.23. The van der Waals surface area contributed by atoms with E-state index in [1.54, 1.807) is 18.0 Å². The molecule has 31 heavy (non-hydrogen) atoms. The number of ether oxygens (including phenoxy) is 1. The van der Waals surface area contributed by atoms with Crippen LogP contribution in [-0.2, 0) is 9.53 Å². The number of H-pyrrole nitrogens is 1. The van der Waals surface area contributed by atoms with E-state index in [0.29, 0.717) is 37.1 Å². The number of nitrogens with zero attached hydrogens (tertiary/aromatic N) is 1. The lowest BCUT2D eigenvalue weighted by atomic mass is 9.96. The number of likely N-dealkylation sites (tertiary alicyclic amines) is 1. The minimum absolute atomic E-state index is 0.185. The van der Waals surface area contributed by atoms with Gasteiger partial charge in [-0.3, -0.25) is 14.4 Å². The summed E-state index contributed by atoms with van der Waals surface area (Å²) in [5, 5.41) is 0.794. The molecule has 1 saturated heterocycles. The van der Waals surface area contributed by atoms with Gasteiger partial charge in [0.25, 0.3) is 5.91 Å². The molecule has 4 rings (SSSR count). The summed E-state index contributed by atoms with van der Waals surface area (Å²) in [7, 11) is 0. The number of amides is 1. The highest BCUT2D eigenvalue weighted by molar-refractivity contribution is 6.10. The second-order valence-corrected chi connectivity index (χ2v) is 7.76. The first-order chi connectivity index (χ1) is 14.9. The number of carbonyl (C=O) groups excluding carboxylic acids is 3. The molecule has 1 aliphatic rings. The number of halogens is 1. The van der Waals surface area contributed by atoms with Gasteiger partial charge in [0.05, 0.1) is 5.92 Å². The summed E-state index contributed by atoms with van der Waals surface area (Å²) in [5.41, 5.74) is 1.76. The normalized spacial score (nSPS) is 15.6. The lowest BCUT2D eigenvalue weighted by molar-refractivity contribution is -0.152. The fraction of sp³-hybridized carbons (Fsp3) is 0.292. The SMILES string of the molecule is C[C@H](OC(=O)C1CCN(C(=O)c2ccc(F)cc2)CC1)C(=O)c1c[nH]c2ccccc12. The van der Waals surface area contributed by atoms with Crippen molar-refractivity contribution in [3.05, 3.63) is 71.7 Å². The predicted molar refractivity (Wildman–Crippen MR) is 113 cm³/mol. The molecule has 160 valence electrons. The molecule has 1 aromatic heterocycles. The number of hydrogen-bond acceptors (Lipinski definition) is 4. The van der Waals surface area contributed by atoms with Crippen LogP contribution in [0.1, 0.15) is 40.5 Å². The summed E-state index contributed by atoms with van der Waals surface area (Å²) >= 11 is 0. The molecule has 1 N–H and O–H groups in total. The molecule has 3 aromatic rings. The fourth-order valence-corrected chi connectivity index (χ4v) is 3.91. The third-order valence-corrected chi connectivity index (χ3v) is 5.72. The lowest BCUT2D eigenvalue weighted by Crippen LogP contribution is -2.41. The molecule has 2 heterocycles. The van der Waals surface area contributed by atoms with Crippen molar-refractivity contribution in [1.82, 2.24) is 9.88 Å². The van der Waals surface area contributed by atoms with Gasteiger partial charge >= 0.3 is 5.97 Å². The van der Waals surface area contributed by atoms with Gasteiger partial charge in [0.15, 0.2) is 6.10 Å². The van der Waals surface area contributed by atoms with Crippen molar-refractivity contribution in [2.45, 2.75) is 25.9 Å². The zero-order valence-electron chi connectivity index (χ0n) is 17.1. The fourth-order valence-electron chi connectivity index (χ4n) is 3.91. The van der Waals surface area contributed by atoms with E-state index >= 15 is 0 Å². The third-order valence-electron chi connectivity index (χ3n) is 5.72. The highest BCUT2D eigenvalue weighted by atomic mass is 19.1. The molecule has 0 radical (unpaired) electrons. The van der Waals surface area contributed by atoms with Crippen molar-refractivity contribution in [3.8, 4) is 0 Å². The van der Waals surface area contributed by atoms with Gasteiger partial charge in [-0.2, -0.15) is 0 Å². The first kappa shape index (κ1) is 20.8. The number of nitrogens with one attached hydrogen (secondary N) is 1. The quantitative estimate of drug-likeness (QED) is 0.498. The van der Waals surface area contributed by atoms with Crippen LogP contribution in [-0.4, -0.2) is 46.7 Å². The first-order valence-electron chi connectivity index (χ1n) is 10.3. The van der Waals surface area contributed by atoms with Gasteiger partial charge in [-0.05, 0) is 50.1 Å². The summed E-state index contributed by atoms with van der Waals surface area (Å²) in [6.45, 7) is 2.39. The Morgan fingerprint density at radius 1 is 1.06 bits per heavy atom. The summed E-state index contributed by atoms with van der Waals surface area (Å²) in [5.74, 6) is -1.62. The molecule has 0 unspecified atom stereocenters. The van der Waals surface area contributed by atoms with Gasteiger partial charge < -0.3 is 14.6 Å². The van der Waals surface area contributed by atoms with Crippen LogP contribution in [0.4, 0.5) is 4.39 Å². The van der Waals surface area contributed by atoms with Gasteiger partial charge in [-0.1, -0.05) is 18.2 Å². The van der Waals surface area contributed by atoms with Crippen molar-refractivity contribution >= 4 is 28.6 Å². The largest absolute Gasteiger partial charge is 0.454 e. The molecular formula is C24H23FN2O4. The van der Waals surface area contributed by atoms with E-state index in [2.05, 4.69) is 4.98 Å². The number of benzene rings is 2. The third kappa shape index (κ3) is 4.35. The first-order valence-corrected chi connectivity index (χ1v) is 10.3. The van der Waals surface area contributed by atoms with Gasteiger partial charge in [-0.25, -0.2) is 4.39 Å². The summed E-state index contributed by atoms with van der Waals surface area (Å²) < 4.78 is 18.5. The van der Waals surface area contributed by atoms with E-state index in [0.717, 1.165) is 10.9 Å². The number of ketones is 1. The molecule has 1 atom stereocenters. The van der Waals surface area contributed by atoms with E-state index in [1.807, 2.05) is 24.3 Å². The van der Waals surface area contributed by atoms with E-state index in [-0.39, 0.29) is 17.6 Å². The molecule has 0 bridgehead atoms. The number of aromatic amines is 1. The molecule has 7 heteroatoms. The van der Waals surface area contributed by atoms with Crippen LogP contribution in [0.25, 0.3) is 10.9 Å². The second-order valence-electron chi connectivity index (χ2n) is 7.76. The van der Waals surface area contributed by atoms with E-state index in [4.69, 9.17) is 4.74 Å². The summed E-state index contributed by atoms with van der Waals surface area (Å²) in [6, 6.07) is 12.9. The molecule has 1 aliphatic heterocycles. The van der Waals surface area contributed by atoms with Crippen LogP contribution in [0, 0.1) is 11.7 Å². The van der Waals surface area contributed by atoms with Crippen molar-refractivity contribution in [2.24, 2.45) is 5.92 Å². The molecular weight excluding hydrogens is 399 g/mol. The van der Waals surface area contributed by atoms with Crippen LogP contribution in [0.3, 0.4) is 0 Å². The Bertz CT molecular complexity index is 1110. The number of fused-ring (bicyclic) bond motifs is 1. The monoisotopic (exact) mass is 422 g/mol. The Morgan fingerprint density at radius 3 is 2.45 bits per heavy atom. The smallest absolute Gasteiger partial charge is 0.309 e. The predicted octanol–water partition coefficient (Wildman–Crippen LogP) is 3.97. The standard InChI is InChI=1S/C24H23FN2O4/c1-15(22(28)20-14-26-21-5-3-2-4-19(20)21)31-24(30)17-10-12-27(13-11-17)23(29)16-6-8-18(25)9-7-16/h2-9,14-15,17,26H,10-13H2,1H3/t15-/m0/s1. The van der Waals surface area contributed by atoms with Crippen molar-refractivity contribution in [1.29, 1.82) is 0 Å². The number of piperidine rings is 1. The van der Waals surface area contributed by atoms with Crippen molar-refractivity contribution in [3.63, 3.8) is 0 Å². The molecule has 0 aliphatic carbocycles. The highest BCUT2D eigenvalue weighted by Crippen LogP contribution is 2.23. The molecule has 6 nitrogen and oxygen atoms in total. The number of Topliss-reactive ketones (excluding diaryl/α,β-unsaturated/α-hetero) is 1. The minimum Gasteiger partial charge on any atom is -0.454 e. The van der Waals surface area contributed by atoms with Crippen LogP contribution in [0.2, 0.25) is 0 Å². The van der Waals surface area contributed by atoms with Gasteiger partial charge in [0, 0.05) is 41.3 Å². The van der Waals surface area contributed by atoms with Gasteiger partial charge in [0.1, 0.15) is 5.82 Å². The van der Waals surface area contributed by atoms with Crippen molar-refractivity contribution in [2.75, 3.05) is 13.1 Å². The maximum absolute atomic E-state index is 13.1. The number of rotatable bonds is 5. The van der Waals surface area contributed by atoms with E-state index in [9.17, 15) is 18.8 Å². The Hall–Kier alpha value is -3.48. The second kappa shape index (κ2) is 8.71. The number of para-hydroxylation sites is 1. The Labute approximate surface area is 179 Å². The van der Waals surface area contributed by atoms with E-state index < -0.39 is 17.9 Å². The minimum atomic E-state index is -0.898. The maximum atomic E-state index is 13.1. The molecule has 2 aromatic carbocycles. The summed E-state index contributed by atoms with van der Waals surface area (Å²) in [4.78, 5) is 42.6. The van der Waals surface area contributed by atoms with E-state index in [1.165, 1.54) is 24.3 Å². The van der Waals surface area contributed by atoms with Crippen molar-refractivity contribution < 1.29 is 23.5 Å². The topological polar surface area (TPSA) is 79.5 Å². The van der Waals surface area contributed by atoms with Gasteiger partial charge in [0.2, 0.25) is 5.78 Å². The maximum Gasteiger partial charge on any atom is 0.309 e. The number of aromatic nitrogens is 1. The zero-order valence-corrected chi connectivity index (χ0v) is 17.1. The van der Waals surface area contributed by atoms with Crippen LogP contribution < -0.4 is 0 Å². The van der Waals surface area contributed by atoms with Crippen LogP contribution in [0.5, 0.6) is 0 Å². The lowest BCUT2D eigenvalue weighted by Gasteiger charge is -2.31. The number of esters is 1. The summed E-state index contributed by atoms with van der Waals surface area (Å²) in [6.07, 6.45) is 1.65. The van der Waals surface area contributed by atoms with Crippen LogP contribution >= 0.6 is 0 Å². The highest BCUT2D eigenvalue weighted by Gasteiger charge is 2.31. The Morgan fingerprint density at radius 2 is 1.74 bits per heavy atom. The molecule has 0 spiro atoms. The molecule has 1 fully saturated rings. The van der Waals surface area contributed by atoms with Crippen LogP contribution in [0.15, 0.2) is 54.7 Å².